The number of nitrogens with two attached hydrogens (primary N) is 1. The van der Waals surface area contributed by atoms with Crippen LogP contribution in [0.5, 0.6) is 0 Å². The lowest BCUT2D eigenvalue weighted by molar-refractivity contribution is 0.0657. The van der Waals surface area contributed by atoms with Crippen molar-refractivity contribution in [2.45, 2.75) is 18.9 Å². The molecule has 5 rings (SSSR count). The van der Waals surface area contributed by atoms with E-state index in [-0.39, 0.29) is 29.4 Å². The van der Waals surface area contributed by atoms with Crippen molar-refractivity contribution < 1.29 is 4.79 Å². The molecular formula is C23H20ClN5O. The number of halogens is 1. The van der Waals surface area contributed by atoms with Gasteiger partial charge < -0.3 is 15.6 Å². The van der Waals surface area contributed by atoms with Crippen molar-refractivity contribution in [3.63, 3.8) is 0 Å². The Morgan fingerprint density at radius 2 is 1.87 bits per heavy atom. The van der Waals surface area contributed by atoms with Crippen molar-refractivity contribution in [3.8, 4) is 0 Å². The minimum atomic E-state index is -0.241. The number of amides is 1. The molecule has 1 amide bonds. The molecule has 3 heterocycles. The average Bonchev–Trinajstić information content (AvgIpc) is 3.15. The fraction of sp³-hybridized carbons (Fsp3) is 0.174. The normalized spacial score (nSPS) is 18.4. The van der Waals surface area contributed by atoms with Crippen LogP contribution in [0, 0.1) is 0 Å². The number of H-pyrrole nitrogens is 1. The van der Waals surface area contributed by atoms with Crippen molar-refractivity contribution in [1.29, 1.82) is 0 Å². The Labute approximate surface area is 178 Å². The van der Waals surface area contributed by atoms with Crippen LogP contribution in [-0.4, -0.2) is 32.3 Å². The van der Waals surface area contributed by atoms with E-state index >= 15 is 0 Å². The first-order valence-corrected chi connectivity index (χ1v) is 10.2. The number of aromatic amines is 1. The number of benzene rings is 2. The topological polar surface area (TPSA) is 87.9 Å². The summed E-state index contributed by atoms with van der Waals surface area (Å²) in [6.07, 6.45) is 2.96. The maximum atomic E-state index is 13.4. The van der Waals surface area contributed by atoms with Crippen molar-refractivity contribution >= 4 is 34.2 Å². The van der Waals surface area contributed by atoms with Gasteiger partial charge in [-0.15, -0.1) is 0 Å². The Morgan fingerprint density at radius 1 is 1.13 bits per heavy atom. The summed E-state index contributed by atoms with van der Waals surface area (Å²) < 4.78 is 0. The summed E-state index contributed by atoms with van der Waals surface area (Å²) in [7, 11) is 0. The molecule has 3 N–H and O–H groups in total. The summed E-state index contributed by atoms with van der Waals surface area (Å²) in [6, 6.07) is 15.8. The van der Waals surface area contributed by atoms with Crippen molar-refractivity contribution in [2.24, 2.45) is 0 Å². The molecule has 1 aliphatic rings. The highest BCUT2D eigenvalue weighted by molar-refractivity contribution is 6.31. The number of para-hydroxylation sites is 1. The Bertz CT molecular complexity index is 1270. The summed E-state index contributed by atoms with van der Waals surface area (Å²) in [4.78, 5) is 27.0. The predicted molar refractivity (Wildman–Crippen MR) is 117 cm³/mol. The van der Waals surface area contributed by atoms with E-state index in [1.54, 1.807) is 4.90 Å². The molecule has 2 aromatic carbocycles. The van der Waals surface area contributed by atoms with E-state index in [0.29, 0.717) is 11.6 Å². The predicted octanol–water partition coefficient (Wildman–Crippen LogP) is 4.54. The van der Waals surface area contributed by atoms with Gasteiger partial charge in [0.05, 0.1) is 6.04 Å². The number of nitrogen functional groups attached to an aromatic ring is 1. The maximum Gasteiger partial charge on any atom is 0.276 e. The van der Waals surface area contributed by atoms with Gasteiger partial charge in [-0.05, 0) is 30.2 Å². The van der Waals surface area contributed by atoms with Crippen molar-refractivity contribution in [2.75, 3.05) is 12.3 Å². The second-order valence-corrected chi connectivity index (χ2v) is 7.90. The minimum absolute atomic E-state index is 0.0807. The van der Waals surface area contributed by atoms with Gasteiger partial charge in [0.25, 0.3) is 5.91 Å². The van der Waals surface area contributed by atoms with Gasteiger partial charge in [-0.3, -0.25) is 4.79 Å². The molecule has 0 bridgehead atoms. The lowest BCUT2D eigenvalue weighted by atomic mass is 9.83. The molecule has 0 fully saturated rings. The van der Waals surface area contributed by atoms with E-state index in [1.165, 1.54) is 18.0 Å². The van der Waals surface area contributed by atoms with Crippen LogP contribution in [-0.2, 0) is 0 Å². The first-order valence-electron chi connectivity index (χ1n) is 9.78. The second-order valence-electron chi connectivity index (χ2n) is 7.50. The van der Waals surface area contributed by atoms with E-state index in [0.717, 1.165) is 22.2 Å². The van der Waals surface area contributed by atoms with Gasteiger partial charge in [-0.2, -0.15) is 0 Å². The number of hydrogen-bond acceptors (Lipinski definition) is 4. The highest BCUT2D eigenvalue weighted by atomic mass is 35.5. The van der Waals surface area contributed by atoms with Gasteiger partial charge in [-0.1, -0.05) is 48.0 Å². The number of nitrogens with zero attached hydrogens (tertiary/aromatic N) is 3. The third-order valence-corrected chi connectivity index (χ3v) is 6.20. The molecule has 4 aromatic rings. The molecule has 0 radical (unpaired) electrons. The van der Waals surface area contributed by atoms with Gasteiger partial charge in [0.2, 0.25) is 0 Å². The zero-order valence-corrected chi connectivity index (χ0v) is 17.1. The second kappa shape index (κ2) is 7.15. The summed E-state index contributed by atoms with van der Waals surface area (Å²) in [6.45, 7) is 2.48. The van der Waals surface area contributed by atoms with Crippen LogP contribution < -0.4 is 5.73 Å². The minimum Gasteiger partial charge on any atom is -0.382 e. The molecular weight excluding hydrogens is 398 g/mol. The molecule has 1 aliphatic heterocycles. The summed E-state index contributed by atoms with van der Waals surface area (Å²) in [5.74, 6) is -0.191. The average molecular weight is 418 g/mol. The fourth-order valence-electron chi connectivity index (χ4n) is 4.41. The van der Waals surface area contributed by atoms with E-state index < -0.39 is 0 Å². The molecule has 0 aliphatic carbocycles. The summed E-state index contributed by atoms with van der Waals surface area (Å²) >= 11 is 6.59. The highest BCUT2D eigenvalue weighted by Gasteiger charge is 2.38. The van der Waals surface area contributed by atoms with Crippen LogP contribution in [0.15, 0.2) is 60.9 Å². The van der Waals surface area contributed by atoms with Crippen LogP contribution in [0.1, 0.15) is 46.2 Å². The Kier molecular flexibility index (Phi) is 4.44. The zero-order valence-electron chi connectivity index (χ0n) is 16.3. The number of anilines is 1. The first-order chi connectivity index (χ1) is 14.6. The molecule has 2 unspecified atom stereocenters. The summed E-state index contributed by atoms with van der Waals surface area (Å²) in [5.41, 5.74) is 10.3. The fourth-order valence-corrected chi connectivity index (χ4v) is 4.68. The number of fused-ring (bicyclic) bond motifs is 3. The lowest BCUT2D eigenvalue weighted by Crippen LogP contribution is -2.41. The van der Waals surface area contributed by atoms with Gasteiger partial charge in [0.15, 0.2) is 11.5 Å². The van der Waals surface area contributed by atoms with Crippen molar-refractivity contribution in [1.82, 2.24) is 19.9 Å². The van der Waals surface area contributed by atoms with Crippen molar-refractivity contribution in [3.05, 3.63) is 88.5 Å². The van der Waals surface area contributed by atoms with E-state index in [4.69, 9.17) is 17.3 Å². The SMILES string of the molecule is CC1c2[nH]c3ccccc3c2C(c2ccccc2Cl)CN1C(=O)c1nccnc1N. The number of carbonyl (C=O) groups is 1. The van der Waals surface area contributed by atoms with Gasteiger partial charge >= 0.3 is 0 Å². The number of rotatable bonds is 2. The van der Waals surface area contributed by atoms with Crippen LogP contribution in [0.25, 0.3) is 10.9 Å². The van der Waals surface area contributed by atoms with Crippen LogP contribution in [0.2, 0.25) is 5.02 Å². The van der Waals surface area contributed by atoms with E-state index in [2.05, 4.69) is 27.1 Å². The Hall–Kier alpha value is -3.38. The van der Waals surface area contributed by atoms with E-state index in [9.17, 15) is 4.79 Å². The summed E-state index contributed by atoms with van der Waals surface area (Å²) in [5, 5.41) is 1.83. The third kappa shape index (κ3) is 2.83. The lowest BCUT2D eigenvalue weighted by Gasteiger charge is -2.38. The number of hydrogen-bond donors (Lipinski definition) is 2. The maximum absolute atomic E-state index is 13.4. The Morgan fingerprint density at radius 3 is 2.67 bits per heavy atom. The molecule has 0 spiro atoms. The molecule has 150 valence electrons. The largest absolute Gasteiger partial charge is 0.382 e. The van der Waals surface area contributed by atoms with Crippen LogP contribution in [0.4, 0.5) is 5.82 Å². The monoisotopic (exact) mass is 417 g/mol. The Balaban J connectivity index is 1.69. The molecule has 30 heavy (non-hydrogen) atoms. The number of nitrogens with one attached hydrogen (secondary N) is 1. The third-order valence-electron chi connectivity index (χ3n) is 5.86. The molecule has 0 saturated heterocycles. The molecule has 7 heteroatoms. The number of carbonyl (C=O) groups excluding carboxylic acids is 1. The first kappa shape index (κ1) is 18.6. The highest BCUT2D eigenvalue weighted by Crippen LogP contribution is 2.44. The standard InChI is InChI=1S/C23H20ClN5O/c1-13-20-19(15-7-3-5-9-18(15)28-20)16(14-6-2-4-8-17(14)24)12-29(13)23(30)21-22(25)27-11-10-26-21/h2-11,13,16,28H,12H2,1H3,(H2,25,27). The van der Waals surface area contributed by atoms with Gasteiger partial charge in [0, 0.05) is 46.5 Å². The molecule has 2 aromatic heterocycles. The molecule has 0 saturated carbocycles. The number of aromatic nitrogens is 3. The van der Waals surface area contributed by atoms with E-state index in [1.807, 2.05) is 43.3 Å². The van der Waals surface area contributed by atoms with Crippen LogP contribution >= 0.6 is 11.6 Å². The van der Waals surface area contributed by atoms with Crippen LogP contribution in [0.3, 0.4) is 0 Å². The molecule has 6 nitrogen and oxygen atoms in total. The quantitative estimate of drug-likeness (QED) is 0.501. The smallest absolute Gasteiger partial charge is 0.276 e. The van der Waals surface area contributed by atoms with Gasteiger partial charge in [0.1, 0.15) is 0 Å². The molecule has 2 atom stereocenters. The zero-order chi connectivity index (χ0) is 20.8. The van der Waals surface area contributed by atoms with Gasteiger partial charge in [-0.25, -0.2) is 9.97 Å².